The van der Waals surface area contributed by atoms with Crippen LogP contribution in [0.25, 0.3) is 0 Å². The number of hydrogen-bond donors (Lipinski definition) is 2. The standard InChI is InChI=1S/C12H21N3OS/c1-5-10(13-6-2)9(4)17-12-14-8(3)7-11(16)15-12/h7,9-10,13H,5-6H2,1-4H3,(H,14,15,16). The number of H-pyrrole nitrogens is 1. The Bertz CT molecular complexity index is 405. The molecule has 2 N–H and O–H groups in total. The first-order chi connectivity index (χ1) is 8.06. The Kier molecular flexibility index (Phi) is 5.71. The van der Waals surface area contributed by atoms with Gasteiger partial charge in [-0.3, -0.25) is 4.79 Å². The molecule has 5 heteroatoms. The fourth-order valence-corrected chi connectivity index (χ4v) is 2.93. The van der Waals surface area contributed by atoms with Crippen molar-refractivity contribution in [2.24, 2.45) is 0 Å². The zero-order chi connectivity index (χ0) is 12.8. The van der Waals surface area contributed by atoms with Gasteiger partial charge in [-0.2, -0.15) is 0 Å². The molecule has 0 aromatic carbocycles. The van der Waals surface area contributed by atoms with Crippen LogP contribution in [0.15, 0.2) is 16.0 Å². The van der Waals surface area contributed by atoms with E-state index in [0.29, 0.717) is 16.4 Å². The lowest BCUT2D eigenvalue weighted by Crippen LogP contribution is -2.36. The molecule has 0 aliphatic rings. The summed E-state index contributed by atoms with van der Waals surface area (Å²) in [5, 5.41) is 4.53. The lowest BCUT2D eigenvalue weighted by Gasteiger charge is -2.22. The number of aryl methyl sites for hydroxylation is 1. The molecule has 0 spiro atoms. The minimum atomic E-state index is -0.0799. The van der Waals surface area contributed by atoms with Crippen molar-refractivity contribution in [3.63, 3.8) is 0 Å². The largest absolute Gasteiger partial charge is 0.313 e. The second kappa shape index (κ2) is 6.81. The third kappa shape index (κ3) is 4.52. The maximum atomic E-state index is 11.3. The second-order valence-electron chi connectivity index (χ2n) is 4.09. The summed E-state index contributed by atoms with van der Waals surface area (Å²) < 4.78 is 0. The van der Waals surface area contributed by atoms with E-state index < -0.39 is 0 Å². The van der Waals surface area contributed by atoms with E-state index in [1.165, 1.54) is 6.07 Å². The molecule has 4 nitrogen and oxygen atoms in total. The van der Waals surface area contributed by atoms with Crippen LogP contribution in [0.4, 0.5) is 0 Å². The molecule has 0 aliphatic heterocycles. The highest BCUT2D eigenvalue weighted by Gasteiger charge is 2.16. The second-order valence-corrected chi connectivity index (χ2v) is 5.45. The first-order valence-corrected chi connectivity index (χ1v) is 6.92. The zero-order valence-corrected chi connectivity index (χ0v) is 11.7. The molecule has 1 aromatic heterocycles. The SMILES string of the molecule is CCNC(CC)C(C)Sc1nc(C)cc(=O)[nH]1. The lowest BCUT2D eigenvalue weighted by atomic mass is 10.2. The fourth-order valence-electron chi connectivity index (χ4n) is 1.77. The number of aromatic amines is 1. The Labute approximate surface area is 107 Å². The van der Waals surface area contributed by atoms with Crippen molar-refractivity contribution >= 4 is 11.8 Å². The van der Waals surface area contributed by atoms with Gasteiger partial charge in [-0.25, -0.2) is 4.98 Å². The molecule has 2 unspecified atom stereocenters. The molecule has 0 bridgehead atoms. The highest BCUT2D eigenvalue weighted by atomic mass is 32.2. The number of rotatable bonds is 6. The summed E-state index contributed by atoms with van der Waals surface area (Å²) in [5.41, 5.74) is 0.684. The van der Waals surface area contributed by atoms with Gasteiger partial charge in [0.15, 0.2) is 5.16 Å². The third-order valence-corrected chi connectivity index (χ3v) is 3.74. The first-order valence-electron chi connectivity index (χ1n) is 6.04. The molecule has 0 saturated carbocycles. The van der Waals surface area contributed by atoms with Crippen LogP contribution in [0, 0.1) is 6.92 Å². The van der Waals surface area contributed by atoms with Gasteiger partial charge in [0.2, 0.25) is 0 Å². The lowest BCUT2D eigenvalue weighted by molar-refractivity contribution is 0.508. The smallest absolute Gasteiger partial charge is 0.251 e. The molecular formula is C12H21N3OS. The summed E-state index contributed by atoms with van der Waals surface area (Å²) in [6.45, 7) is 9.22. The monoisotopic (exact) mass is 255 g/mol. The Morgan fingerprint density at radius 3 is 2.76 bits per heavy atom. The summed E-state index contributed by atoms with van der Waals surface area (Å²) in [6, 6.07) is 1.95. The maximum absolute atomic E-state index is 11.3. The average molecular weight is 255 g/mol. The van der Waals surface area contributed by atoms with E-state index in [9.17, 15) is 4.79 Å². The van der Waals surface area contributed by atoms with Crippen LogP contribution >= 0.6 is 11.8 Å². The fraction of sp³-hybridized carbons (Fsp3) is 0.667. The molecule has 0 radical (unpaired) electrons. The van der Waals surface area contributed by atoms with Gasteiger partial charge in [0.25, 0.3) is 5.56 Å². The van der Waals surface area contributed by atoms with E-state index in [1.807, 2.05) is 6.92 Å². The van der Waals surface area contributed by atoms with Gasteiger partial charge >= 0.3 is 0 Å². The minimum absolute atomic E-state index is 0.0799. The maximum Gasteiger partial charge on any atom is 0.251 e. The quantitative estimate of drug-likeness (QED) is 0.602. The topological polar surface area (TPSA) is 57.8 Å². The molecule has 1 aromatic rings. The van der Waals surface area contributed by atoms with Crippen molar-refractivity contribution in [1.29, 1.82) is 0 Å². The molecule has 96 valence electrons. The molecule has 1 heterocycles. The molecule has 0 saturated heterocycles. The van der Waals surface area contributed by atoms with Gasteiger partial charge in [-0.05, 0) is 19.9 Å². The number of hydrogen-bond acceptors (Lipinski definition) is 4. The predicted octanol–water partition coefficient (Wildman–Crippen LogP) is 1.95. The number of nitrogens with one attached hydrogen (secondary N) is 2. The molecule has 0 amide bonds. The molecule has 1 rings (SSSR count). The van der Waals surface area contributed by atoms with Crippen LogP contribution in [0.2, 0.25) is 0 Å². The summed E-state index contributed by atoms with van der Waals surface area (Å²) in [7, 11) is 0. The van der Waals surface area contributed by atoms with Crippen molar-refractivity contribution in [1.82, 2.24) is 15.3 Å². The van der Waals surface area contributed by atoms with Crippen LogP contribution in [-0.2, 0) is 0 Å². The van der Waals surface area contributed by atoms with Crippen LogP contribution in [0.5, 0.6) is 0 Å². The molecule has 0 aliphatic carbocycles. The average Bonchev–Trinajstić information content (AvgIpc) is 2.24. The van der Waals surface area contributed by atoms with Crippen LogP contribution in [0.1, 0.15) is 32.9 Å². The Balaban J connectivity index is 2.72. The van der Waals surface area contributed by atoms with Crippen molar-refractivity contribution in [3.05, 3.63) is 22.1 Å². The van der Waals surface area contributed by atoms with Crippen molar-refractivity contribution in [3.8, 4) is 0 Å². The molecular weight excluding hydrogens is 234 g/mol. The number of aromatic nitrogens is 2. The van der Waals surface area contributed by atoms with E-state index >= 15 is 0 Å². The van der Waals surface area contributed by atoms with Gasteiger partial charge in [-0.15, -0.1) is 0 Å². The summed E-state index contributed by atoms with van der Waals surface area (Å²) >= 11 is 1.62. The van der Waals surface area contributed by atoms with E-state index in [2.05, 4.69) is 36.1 Å². The van der Waals surface area contributed by atoms with E-state index in [-0.39, 0.29) is 5.56 Å². The van der Waals surface area contributed by atoms with Crippen molar-refractivity contribution in [2.75, 3.05) is 6.54 Å². The van der Waals surface area contributed by atoms with Gasteiger partial charge in [0.1, 0.15) is 0 Å². The van der Waals surface area contributed by atoms with Gasteiger partial charge in [-0.1, -0.05) is 32.5 Å². The predicted molar refractivity (Wildman–Crippen MR) is 72.7 cm³/mol. The highest BCUT2D eigenvalue weighted by Crippen LogP contribution is 2.22. The molecule has 0 fully saturated rings. The van der Waals surface area contributed by atoms with Gasteiger partial charge < -0.3 is 10.3 Å². The minimum Gasteiger partial charge on any atom is -0.313 e. The van der Waals surface area contributed by atoms with Crippen molar-refractivity contribution in [2.45, 2.75) is 50.6 Å². The summed E-state index contributed by atoms with van der Waals surface area (Å²) in [6.07, 6.45) is 1.07. The van der Waals surface area contributed by atoms with Crippen LogP contribution in [-0.4, -0.2) is 27.8 Å². The van der Waals surface area contributed by atoms with E-state index in [1.54, 1.807) is 11.8 Å². The normalized spacial score (nSPS) is 14.6. The number of thioether (sulfide) groups is 1. The summed E-state index contributed by atoms with van der Waals surface area (Å²) in [5.74, 6) is 0. The Hall–Kier alpha value is -0.810. The number of nitrogens with zero attached hydrogens (tertiary/aromatic N) is 1. The van der Waals surface area contributed by atoms with Gasteiger partial charge in [0, 0.05) is 23.1 Å². The van der Waals surface area contributed by atoms with Crippen LogP contribution in [0.3, 0.4) is 0 Å². The Morgan fingerprint density at radius 1 is 1.53 bits per heavy atom. The zero-order valence-electron chi connectivity index (χ0n) is 10.9. The Morgan fingerprint density at radius 2 is 2.24 bits per heavy atom. The first kappa shape index (κ1) is 14.3. The highest BCUT2D eigenvalue weighted by molar-refractivity contribution is 7.99. The van der Waals surface area contributed by atoms with E-state index in [4.69, 9.17) is 0 Å². The van der Waals surface area contributed by atoms with Crippen molar-refractivity contribution < 1.29 is 0 Å². The summed E-state index contributed by atoms with van der Waals surface area (Å²) in [4.78, 5) is 18.4. The molecule has 17 heavy (non-hydrogen) atoms. The molecule has 2 atom stereocenters. The van der Waals surface area contributed by atoms with Gasteiger partial charge in [0.05, 0.1) is 0 Å². The third-order valence-electron chi connectivity index (χ3n) is 2.62. The van der Waals surface area contributed by atoms with E-state index in [0.717, 1.165) is 18.7 Å². The van der Waals surface area contributed by atoms with Crippen LogP contribution < -0.4 is 10.9 Å².